The van der Waals surface area contributed by atoms with Crippen molar-refractivity contribution in [2.45, 2.75) is 77.4 Å². The summed E-state index contributed by atoms with van der Waals surface area (Å²) in [4.78, 5) is 0. The zero-order valence-electron chi connectivity index (χ0n) is 14.2. The Bertz CT molecular complexity index is 486. The molecule has 2 heteroatoms. The molecule has 22 heavy (non-hydrogen) atoms. The summed E-state index contributed by atoms with van der Waals surface area (Å²) in [5.74, 6) is 2.46. The van der Waals surface area contributed by atoms with Crippen LogP contribution in [0.2, 0.25) is 0 Å². The van der Waals surface area contributed by atoms with E-state index in [1.165, 1.54) is 24.8 Å². The van der Waals surface area contributed by atoms with Crippen molar-refractivity contribution in [2.75, 3.05) is 0 Å². The third-order valence-electron chi connectivity index (χ3n) is 8.52. The smallest absolute Gasteiger partial charge is 0.0584 e. The Labute approximate surface area is 135 Å². The van der Waals surface area contributed by atoms with Gasteiger partial charge in [-0.15, -0.1) is 0 Å². The van der Waals surface area contributed by atoms with E-state index >= 15 is 0 Å². The summed E-state index contributed by atoms with van der Waals surface area (Å²) >= 11 is 0. The van der Waals surface area contributed by atoms with Crippen molar-refractivity contribution >= 4 is 0 Å². The number of allylic oxidation sites excluding steroid dienone is 1. The molecule has 0 spiro atoms. The number of fused-ring (bicyclic) bond motifs is 5. The molecule has 0 aromatic rings. The molecule has 0 radical (unpaired) electrons. The average molecular weight is 304 g/mol. The summed E-state index contributed by atoms with van der Waals surface area (Å²) < 4.78 is 0. The summed E-state index contributed by atoms with van der Waals surface area (Å²) in [5, 5.41) is 21.2. The van der Waals surface area contributed by atoms with Crippen LogP contribution >= 0.6 is 0 Å². The predicted molar refractivity (Wildman–Crippen MR) is 88.3 cm³/mol. The van der Waals surface area contributed by atoms with Gasteiger partial charge in [-0.1, -0.05) is 26.0 Å². The zero-order chi connectivity index (χ0) is 15.7. The van der Waals surface area contributed by atoms with Gasteiger partial charge in [-0.25, -0.2) is 0 Å². The summed E-state index contributed by atoms with van der Waals surface area (Å²) in [5.41, 5.74) is 1.81. The zero-order valence-corrected chi connectivity index (χ0v) is 14.2. The van der Waals surface area contributed by atoms with Crippen LogP contribution in [0.1, 0.15) is 65.2 Å². The molecule has 0 aliphatic heterocycles. The fourth-order valence-corrected chi connectivity index (χ4v) is 7.26. The minimum Gasteiger partial charge on any atom is -0.393 e. The molecule has 0 saturated heterocycles. The lowest BCUT2D eigenvalue weighted by Gasteiger charge is -2.61. The molecular weight excluding hydrogens is 272 g/mol. The molecule has 4 aliphatic rings. The Morgan fingerprint density at radius 3 is 2.64 bits per heavy atom. The van der Waals surface area contributed by atoms with Crippen LogP contribution in [0, 0.1) is 34.5 Å². The van der Waals surface area contributed by atoms with Gasteiger partial charge in [0.1, 0.15) is 0 Å². The predicted octanol–water partition coefficient (Wildman–Crippen LogP) is 3.92. The van der Waals surface area contributed by atoms with Crippen molar-refractivity contribution in [3.8, 4) is 0 Å². The standard InChI is InChI=1S/C20H32O2/c1-12-4-7-16-15-6-5-13-10-14(21)8-9-19(13,2)18(15)17(22)11-20(12,16)3/h13-18,21-22H,1,4-11H2,2-3H3/t13?,14-,15+,16+,17+,18-,19+,20-/m1/s1. The first-order valence-electron chi connectivity index (χ1n) is 9.40. The normalized spacial score (nSPS) is 57.9. The van der Waals surface area contributed by atoms with Crippen LogP contribution in [0.25, 0.3) is 0 Å². The first kappa shape index (κ1) is 15.2. The molecule has 4 fully saturated rings. The van der Waals surface area contributed by atoms with Crippen LogP contribution in [-0.2, 0) is 0 Å². The molecule has 4 aliphatic carbocycles. The van der Waals surface area contributed by atoms with Gasteiger partial charge in [-0.2, -0.15) is 0 Å². The first-order chi connectivity index (χ1) is 10.4. The van der Waals surface area contributed by atoms with Crippen LogP contribution in [0.5, 0.6) is 0 Å². The van der Waals surface area contributed by atoms with Crippen molar-refractivity contribution in [1.29, 1.82) is 0 Å². The lowest BCUT2D eigenvalue weighted by Crippen LogP contribution is -2.58. The van der Waals surface area contributed by atoms with E-state index in [2.05, 4.69) is 20.4 Å². The van der Waals surface area contributed by atoms with Gasteiger partial charge >= 0.3 is 0 Å². The minimum absolute atomic E-state index is 0.105. The molecule has 124 valence electrons. The SMILES string of the molecule is C=C1CC[C@H]2[C@@H]3CCC4C[C@H](O)CC[C@]4(C)[C@H]3[C@@H](O)C[C@]12C. The van der Waals surface area contributed by atoms with E-state index in [1.807, 2.05) is 0 Å². The largest absolute Gasteiger partial charge is 0.393 e. The van der Waals surface area contributed by atoms with E-state index in [0.29, 0.717) is 17.8 Å². The van der Waals surface area contributed by atoms with E-state index < -0.39 is 0 Å². The molecule has 4 saturated carbocycles. The van der Waals surface area contributed by atoms with Crippen molar-refractivity contribution in [3.05, 3.63) is 12.2 Å². The number of hydrogen-bond donors (Lipinski definition) is 2. The van der Waals surface area contributed by atoms with Gasteiger partial charge in [0, 0.05) is 0 Å². The van der Waals surface area contributed by atoms with Crippen molar-refractivity contribution in [2.24, 2.45) is 34.5 Å². The highest BCUT2D eigenvalue weighted by atomic mass is 16.3. The maximum atomic E-state index is 11.1. The number of aliphatic hydroxyl groups is 2. The van der Waals surface area contributed by atoms with Crippen molar-refractivity contribution in [3.63, 3.8) is 0 Å². The highest BCUT2D eigenvalue weighted by Gasteiger charge is 2.61. The lowest BCUT2D eigenvalue weighted by atomic mass is 9.44. The van der Waals surface area contributed by atoms with Gasteiger partial charge in [-0.05, 0) is 85.9 Å². The van der Waals surface area contributed by atoms with E-state index in [-0.39, 0.29) is 23.0 Å². The summed E-state index contributed by atoms with van der Waals surface area (Å²) in [6.07, 6.45) is 8.57. The average Bonchev–Trinajstić information content (AvgIpc) is 2.75. The molecule has 0 amide bonds. The molecule has 0 aromatic heterocycles. The second-order valence-electron chi connectivity index (χ2n) is 9.34. The van der Waals surface area contributed by atoms with Crippen molar-refractivity contribution < 1.29 is 10.2 Å². The molecule has 4 rings (SSSR count). The van der Waals surface area contributed by atoms with Crippen LogP contribution < -0.4 is 0 Å². The second kappa shape index (κ2) is 4.83. The summed E-state index contributed by atoms with van der Waals surface area (Å²) in [7, 11) is 0. The molecule has 0 bridgehead atoms. The van der Waals surface area contributed by atoms with Gasteiger partial charge in [0.15, 0.2) is 0 Å². The van der Waals surface area contributed by atoms with Crippen LogP contribution in [0.15, 0.2) is 12.2 Å². The van der Waals surface area contributed by atoms with E-state index in [1.54, 1.807) is 0 Å². The highest BCUT2D eigenvalue weighted by Crippen LogP contribution is 2.67. The molecule has 0 heterocycles. The third-order valence-corrected chi connectivity index (χ3v) is 8.52. The quantitative estimate of drug-likeness (QED) is 0.666. The molecule has 1 unspecified atom stereocenters. The molecule has 2 nitrogen and oxygen atoms in total. The van der Waals surface area contributed by atoms with Gasteiger partial charge in [-0.3, -0.25) is 0 Å². The molecular formula is C20H32O2. The van der Waals surface area contributed by atoms with E-state index in [0.717, 1.165) is 38.0 Å². The van der Waals surface area contributed by atoms with Gasteiger partial charge < -0.3 is 10.2 Å². The van der Waals surface area contributed by atoms with Crippen LogP contribution in [0.4, 0.5) is 0 Å². The van der Waals surface area contributed by atoms with Crippen LogP contribution in [-0.4, -0.2) is 22.4 Å². The van der Waals surface area contributed by atoms with E-state index in [9.17, 15) is 10.2 Å². The number of aliphatic hydroxyl groups excluding tert-OH is 2. The Hall–Kier alpha value is -0.340. The monoisotopic (exact) mass is 304 g/mol. The highest BCUT2D eigenvalue weighted by molar-refractivity contribution is 5.22. The first-order valence-corrected chi connectivity index (χ1v) is 9.40. The number of rotatable bonds is 0. The minimum atomic E-state index is -0.177. The lowest BCUT2D eigenvalue weighted by molar-refractivity contribution is -0.167. The summed E-state index contributed by atoms with van der Waals surface area (Å²) in [6.45, 7) is 9.14. The van der Waals surface area contributed by atoms with Crippen LogP contribution in [0.3, 0.4) is 0 Å². The fourth-order valence-electron chi connectivity index (χ4n) is 7.26. The molecule has 8 atom stereocenters. The number of hydrogen-bond acceptors (Lipinski definition) is 2. The third kappa shape index (κ3) is 1.86. The maximum Gasteiger partial charge on any atom is 0.0584 e. The Morgan fingerprint density at radius 2 is 1.86 bits per heavy atom. The summed E-state index contributed by atoms with van der Waals surface area (Å²) in [6, 6.07) is 0. The molecule has 0 aromatic carbocycles. The molecule has 2 N–H and O–H groups in total. The Morgan fingerprint density at radius 1 is 1.09 bits per heavy atom. The van der Waals surface area contributed by atoms with Gasteiger partial charge in [0.25, 0.3) is 0 Å². The second-order valence-corrected chi connectivity index (χ2v) is 9.34. The van der Waals surface area contributed by atoms with E-state index in [4.69, 9.17) is 0 Å². The topological polar surface area (TPSA) is 40.5 Å². The maximum absolute atomic E-state index is 11.1. The van der Waals surface area contributed by atoms with Gasteiger partial charge in [0.2, 0.25) is 0 Å². The van der Waals surface area contributed by atoms with Crippen molar-refractivity contribution in [1.82, 2.24) is 0 Å². The fraction of sp³-hybridized carbons (Fsp3) is 0.900. The Kier molecular flexibility index (Phi) is 3.34. The van der Waals surface area contributed by atoms with Gasteiger partial charge in [0.05, 0.1) is 12.2 Å². The Balaban J connectivity index is 1.69.